The number of carboxylic acid groups (broad SMARTS) is 2. The fourth-order valence-corrected chi connectivity index (χ4v) is 4.49. The highest BCUT2D eigenvalue weighted by Crippen LogP contribution is 2.61. The van der Waals surface area contributed by atoms with E-state index in [1.807, 2.05) is 36.4 Å². The van der Waals surface area contributed by atoms with E-state index in [2.05, 4.69) is 10.6 Å². The molecule has 4 rings (SSSR count). The Balaban J connectivity index is 1.51. The monoisotopic (exact) mass is 369 g/mol. The molecule has 0 aliphatic heterocycles. The quantitative estimate of drug-likeness (QED) is 0.552. The molecule has 6 N–H and O–H groups in total. The number of fused-ring (bicyclic) bond motifs is 2. The van der Waals surface area contributed by atoms with Gasteiger partial charge in [-0.25, -0.2) is 4.79 Å². The number of benzene rings is 2. The number of carbonyl (C=O) groups excluding carboxylic acids is 1. The lowest BCUT2D eigenvalue weighted by molar-refractivity contribution is -0.145. The molecule has 8 heteroatoms. The van der Waals surface area contributed by atoms with E-state index in [0.29, 0.717) is 5.69 Å². The predicted octanol–water partition coefficient (Wildman–Crippen LogP) is 1.46. The molecule has 0 heterocycles. The molecule has 27 heavy (non-hydrogen) atoms. The Bertz CT molecular complexity index is 956. The Hall–Kier alpha value is -3.13. The zero-order valence-electron chi connectivity index (χ0n) is 14.3. The fourth-order valence-electron chi connectivity index (χ4n) is 4.49. The van der Waals surface area contributed by atoms with Gasteiger partial charge in [-0.2, -0.15) is 0 Å². The van der Waals surface area contributed by atoms with Gasteiger partial charge >= 0.3 is 18.0 Å². The standard InChI is InChI=1S/C19H19N3O5/c20-19(17(25)26)8-12(13-14(15(13)19)16(23)24)22-18(27)21-11-7-3-5-9-4-1-2-6-10(9)11/h1-7,12-15H,8,20H2,(H,23,24)(H,25,26)(H2,21,22,27)/t12-,13?,14-,15-,19-/m0/s1. The predicted molar refractivity (Wildman–Crippen MR) is 97.2 cm³/mol. The van der Waals surface area contributed by atoms with Gasteiger partial charge < -0.3 is 26.6 Å². The van der Waals surface area contributed by atoms with E-state index in [4.69, 9.17) is 5.73 Å². The van der Waals surface area contributed by atoms with Crippen LogP contribution in [0.1, 0.15) is 6.42 Å². The van der Waals surface area contributed by atoms with E-state index in [1.54, 1.807) is 6.07 Å². The molecule has 0 bridgehead atoms. The Morgan fingerprint density at radius 3 is 2.48 bits per heavy atom. The van der Waals surface area contributed by atoms with Crippen molar-refractivity contribution >= 4 is 34.4 Å². The molecule has 2 saturated carbocycles. The maximum absolute atomic E-state index is 12.5. The summed E-state index contributed by atoms with van der Waals surface area (Å²) in [6.07, 6.45) is 0.00437. The molecule has 2 aromatic carbocycles. The third-order valence-electron chi connectivity index (χ3n) is 5.73. The van der Waals surface area contributed by atoms with Crippen LogP contribution in [0.2, 0.25) is 0 Å². The lowest BCUT2D eigenvalue weighted by atomic mass is 9.90. The second kappa shape index (κ2) is 5.95. The smallest absolute Gasteiger partial charge is 0.324 e. The second-order valence-electron chi connectivity index (χ2n) is 7.25. The highest BCUT2D eigenvalue weighted by molar-refractivity contribution is 6.01. The summed E-state index contributed by atoms with van der Waals surface area (Å²) in [6, 6.07) is 12.0. The molecular weight excluding hydrogens is 350 g/mol. The van der Waals surface area contributed by atoms with E-state index >= 15 is 0 Å². The summed E-state index contributed by atoms with van der Waals surface area (Å²) in [7, 11) is 0. The number of nitrogens with two attached hydrogens (primary N) is 1. The summed E-state index contributed by atoms with van der Waals surface area (Å²) in [6.45, 7) is 0. The van der Waals surface area contributed by atoms with Crippen LogP contribution < -0.4 is 16.4 Å². The van der Waals surface area contributed by atoms with Crippen molar-refractivity contribution in [1.29, 1.82) is 0 Å². The molecule has 0 radical (unpaired) electrons. The SMILES string of the molecule is N[C@@]1(C(=O)O)C[C@H](NC(=O)Nc2cccc3ccccc23)C2[C@H](C(=O)O)[C@H]21. The van der Waals surface area contributed by atoms with Crippen molar-refractivity contribution in [3.05, 3.63) is 42.5 Å². The van der Waals surface area contributed by atoms with Gasteiger partial charge in [0.05, 0.1) is 11.6 Å². The summed E-state index contributed by atoms with van der Waals surface area (Å²) in [4.78, 5) is 35.4. The third-order valence-corrected chi connectivity index (χ3v) is 5.73. The van der Waals surface area contributed by atoms with Crippen LogP contribution in [0.15, 0.2) is 42.5 Å². The van der Waals surface area contributed by atoms with Crippen LogP contribution in [0.25, 0.3) is 10.8 Å². The number of hydrogen-bond donors (Lipinski definition) is 5. The summed E-state index contributed by atoms with van der Waals surface area (Å²) >= 11 is 0. The first-order valence-electron chi connectivity index (χ1n) is 8.63. The van der Waals surface area contributed by atoms with Crippen LogP contribution in [0.4, 0.5) is 10.5 Å². The first-order chi connectivity index (χ1) is 12.8. The Morgan fingerprint density at radius 2 is 1.78 bits per heavy atom. The van der Waals surface area contributed by atoms with Crippen LogP contribution in [-0.4, -0.2) is 39.8 Å². The van der Waals surface area contributed by atoms with Gasteiger partial charge in [-0.15, -0.1) is 0 Å². The van der Waals surface area contributed by atoms with Crippen molar-refractivity contribution in [2.75, 3.05) is 5.32 Å². The summed E-state index contributed by atoms with van der Waals surface area (Å²) < 4.78 is 0. The van der Waals surface area contributed by atoms with Gasteiger partial charge in [0.25, 0.3) is 0 Å². The van der Waals surface area contributed by atoms with Crippen LogP contribution in [0.3, 0.4) is 0 Å². The fraction of sp³-hybridized carbons (Fsp3) is 0.316. The summed E-state index contributed by atoms with van der Waals surface area (Å²) in [5, 5.41) is 26.1. The Labute approximate surface area is 154 Å². The van der Waals surface area contributed by atoms with Gasteiger partial charge in [0.1, 0.15) is 5.54 Å². The molecule has 2 aliphatic carbocycles. The zero-order chi connectivity index (χ0) is 19.3. The molecular formula is C19H19N3O5. The van der Waals surface area contributed by atoms with E-state index in [1.165, 1.54) is 0 Å². The van der Waals surface area contributed by atoms with Crippen molar-refractivity contribution in [2.24, 2.45) is 23.5 Å². The maximum Gasteiger partial charge on any atom is 0.324 e. The Kier molecular flexibility index (Phi) is 3.81. The van der Waals surface area contributed by atoms with Crippen molar-refractivity contribution in [2.45, 2.75) is 18.0 Å². The number of urea groups is 1. The topological polar surface area (TPSA) is 142 Å². The number of nitrogens with one attached hydrogen (secondary N) is 2. The molecule has 140 valence electrons. The van der Waals surface area contributed by atoms with Crippen LogP contribution in [0, 0.1) is 17.8 Å². The highest BCUT2D eigenvalue weighted by Gasteiger charge is 2.74. The van der Waals surface area contributed by atoms with Crippen LogP contribution in [0.5, 0.6) is 0 Å². The molecule has 2 aromatic rings. The highest BCUT2D eigenvalue weighted by atomic mass is 16.4. The molecule has 0 saturated heterocycles. The number of rotatable bonds is 4. The number of aliphatic carboxylic acids is 2. The summed E-state index contributed by atoms with van der Waals surface area (Å²) in [5.41, 5.74) is 4.95. The molecule has 8 nitrogen and oxygen atoms in total. The van der Waals surface area contributed by atoms with Crippen molar-refractivity contribution in [1.82, 2.24) is 5.32 Å². The van der Waals surface area contributed by atoms with E-state index in [9.17, 15) is 24.6 Å². The first-order valence-corrected chi connectivity index (χ1v) is 8.63. The van der Waals surface area contributed by atoms with Gasteiger partial charge in [-0.05, 0) is 23.8 Å². The van der Waals surface area contributed by atoms with E-state index in [0.717, 1.165) is 10.8 Å². The minimum Gasteiger partial charge on any atom is -0.481 e. The van der Waals surface area contributed by atoms with Gasteiger partial charge in [0.2, 0.25) is 0 Å². The number of amides is 2. The molecule has 0 spiro atoms. The lowest BCUT2D eigenvalue weighted by Crippen LogP contribution is -2.52. The van der Waals surface area contributed by atoms with E-state index < -0.39 is 47.3 Å². The second-order valence-corrected chi connectivity index (χ2v) is 7.25. The first kappa shape index (κ1) is 17.3. The van der Waals surface area contributed by atoms with Crippen LogP contribution >= 0.6 is 0 Å². The molecule has 2 fully saturated rings. The Morgan fingerprint density at radius 1 is 1.07 bits per heavy atom. The maximum atomic E-state index is 12.5. The number of carbonyl (C=O) groups is 3. The molecule has 5 atom stereocenters. The molecule has 1 unspecified atom stereocenters. The minimum absolute atomic E-state index is 0.00437. The van der Waals surface area contributed by atoms with E-state index in [-0.39, 0.29) is 6.42 Å². The average Bonchev–Trinajstić information content (AvgIpc) is 3.31. The van der Waals surface area contributed by atoms with Gasteiger partial charge in [-0.3, -0.25) is 9.59 Å². The normalized spacial score (nSPS) is 31.1. The van der Waals surface area contributed by atoms with Gasteiger partial charge in [0.15, 0.2) is 0 Å². The van der Waals surface area contributed by atoms with Crippen molar-refractivity contribution in [3.63, 3.8) is 0 Å². The molecule has 2 amide bonds. The minimum atomic E-state index is -1.63. The number of carboxylic acids is 2. The number of hydrogen-bond acceptors (Lipinski definition) is 4. The van der Waals surface area contributed by atoms with Gasteiger partial charge in [0, 0.05) is 17.3 Å². The number of anilines is 1. The third kappa shape index (κ3) is 2.69. The zero-order valence-corrected chi connectivity index (χ0v) is 14.3. The average molecular weight is 369 g/mol. The summed E-state index contributed by atoms with van der Waals surface area (Å²) in [5.74, 6) is -4.30. The lowest BCUT2D eigenvalue weighted by Gasteiger charge is -2.25. The molecule has 2 aliphatic rings. The molecule has 0 aromatic heterocycles. The van der Waals surface area contributed by atoms with Crippen LogP contribution in [-0.2, 0) is 9.59 Å². The van der Waals surface area contributed by atoms with Crippen molar-refractivity contribution < 1.29 is 24.6 Å². The van der Waals surface area contributed by atoms with Gasteiger partial charge in [-0.1, -0.05) is 36.4 Å². The largest absolute Gasteiger partial charge is 0.481 e. The van der Waals surface area contributed by atoms with Crippen molar-refractivity contribution in [3.8, 4) is 0 Å².